The van der Waals surface area contributed by atoms with E-state index in [0.29, 0.717) is 10.5 Å². The average molecular weight is 268 g/mol. The number of carbonyl (C=O) groups is 2. The van der Waals surface area contributed by atoms with Gasteiger partial charge in [-0.3, -0.25) is 13.8 Å². The zero-order chi connectivity index (χ0) is 13.7. The van der Waals surface area contributed by atoms with E-state index in [0.717, 1.165) is 0 Å². The van der Waals surface area contributed by atoms with Crippen LogP contribution >= 0.6 is 0 Å². The van der Waals surface area contributed by atoms with Crippen LogP contribution < -0.4 is 0 Å². The molecule has 0 spiro atoms. The lowest BCUT2D eigenvalue weighted by atomic mass is 9.96. The van der Waals surface area contributed by atoms with Crippen LogP contribution in [0.5, 0.6) is 0 Å². The molecule has 0 fully saturated rings. The normalized spacial score (nSPS) is 13.7. The molecule has 1 aromatic carbocycles. The van der Waals surface area contributed by atoms with Crippen molar-refractivity contribution < 1.29 is 18.5 Å². The van der Waals surface area contributed by atoms with E-state index in [2.05, 4.69) is 4.74 Å². The summed E-state index contributed by atoms with van der Waals surface area (Å²) in [4.78, 5) is 23.8. The van der Waals surface area contributed by atoms with Crippen molar-refractivity contribution in [3.05, 3.63) is 29.8 Å². The van der Waals surface area contributed by atoms with Crippen LogP contribution in [0.2, 0.25) is 0 Å². The van der Waals surface area contributed by atoms with E-state index in [1.807, 2.05) is 0 Å². The van der Waals surface area contributed by atoms with Crippen LogP contribution in [-0.4, -0.2) is 29.3 Å². The summed E-state index contributed by atoms with van der Waals surface area (Å²) < 4.78 is 15.7. The molecule has 1 aromatic rings. The molecule has 0 radical (unpaired) electrons. The van der Waals surface area contributed by atoms with Gasteiger partial charge in [0.15, 0.2) is 5.78 Å². The third kappa shape index (κ3) is 3.77. The molecule has 0 aliphatic carbocycles. The molecule has 0 N–H and O–H groups in total. The van der Waals surface area contributed by atoms with Gasteiger partial charge in [0.2, 0.25) is 0 Å². The second-order valence-electron chi connectivity index (χ2n) is 4.02. The van der Waals surface area contributed by atoms with Gasteiger partial charge in [-0.05, 0) is 12.1 Å². The minimum atomic E-state index is -1.06. The molecule has 0 saturated carbocycles. The molecule has 0 aromatic heterocycles. The first kappa shape index (κ1) is 14.6. The predicted octanol–water partition coefficient (Wildman–Crippen LogP) is 1.81. The van der Waals surface area contributed by atoms with Crippen molar-refractivity contribution in [3.8, 4) is 0 Å². The molecule has 5 heteroatoms. The number of carbonyl (C=O) groups excluding carboxylic acids is 2. The Hall–Kier alpha value is -1.49. The van der Waals surface area contributed by atoms with Gasteiger partial charge in [-0.1, -0.05) is 19.1 Å². The van der Waals surface area contributed by atoms with Gasteiger partial charge in [0, 0.05) is 33.4 Å². The number of esters is 1. The van der Waals surface area contributed by atoms with Crippen LogP contribution in [0.1, 0.15) is 23.7 Å². The third-order valence-electron chi connectivity index (χ3n) is 2.62. The van der Waals surface area contributed by atoms with Gasteiger partial charge in [-0.15, -0.1) is 0 Å². The molecule has 2 unspecified atom stereocenters. The van der Waals surface area contributed by atoms with Crippen molar-refractivity contribution in [3.63, 3.8) is 0 Å². The lowest BCUT2D eigenvalue weighted by Crippen LogP contribution is -2.16. The molecule has 18 heavy (non-hydrogen) atoms. The summed E-state index contributed by atoms with van der Waals surface area (Å²) in [7, 11) is 0.239. The van der Waals surface area contributed by atoms with Crippen molar-refractivity contribution in [2.24, 2.45) is 5.92 Å². The fraction of sp³-hybridized carbons (Fsp3) is 0.385. The van der Waals surface area contributed by atoms with E-state index in [9.17, 15) is 13.8 Å². The van der Waals surface area contributed by atoms with Crippen LogP contribution in [-0.2, 0) is 20.3 Å². The van der Waals surface area contributed by atoms with Crippen molar-refractivity contribution >= 4 is 22.6 Å². The minimum Gasteiger partial charge on any atom is -0.469 e. The highest BCUT2D eigenvalue weighted by Crippen LogP contribution is 2.14. The topological polar surface area (TPSA) is 60.4 Å². The maximum absolute atomic E-state index is 12.0. The Morgan fingerprint density at radius 2 is 1.83 bits per heavy atom. The monoisotopic (exact) mass is 268 g/mol. The summed E-state index contributed by atoms with van der Waals surface area (Å²) in [6.45, 7) is 1.69. The van der Waals surface area contributed by atoms with E-state index >= 15 is 0 Å². The first-order valence-electron chi connectivity index (χ1n) is 5.50. The standard InChI is InChI=1S/C13H16O4S/c1-9(8-12(14)17-2)13(15)10-4-6-11(7-5-10)18(3)16/h4-7,9H,8H2,1-3H3. The average Bonchev–Trinajstić information content (AvgIpc) is 2.37. The molecule has 1 rings (SSSR count). The molecule has 0 bridgehead atoms. The minimum absolute atomic E-state index is 0.0663. The van der Waals surface area contributed by atoms with E-state index in [4.69, 9.17) is 0 Å². The molecule has 4 nitrogen and oxygen atoms in total. The Morgan fingerprint density at radius 3 is 2.28 bits per heavy atom. The lowest BCUT2D eigenvalue weighted by molar-refractivity contribution is -0.141. The SMILES string of the molecule is COC(=O)CC(C)C(=O)c1ccc(S(C)=O)cc1. The maximum Gasteiger partial charge on any atom is 0.306 e. The van der Waals surface area contributed by atoms with E-state index in [1.54, 1.807) is 37.4 Å². The summed E-state index contributed by atoms with van der Waals surface area (Å²) in [6, 6.07) is 6.59. The number of hydrogen-bond acceptors (Lipinski definition) is 4. The van der Waals surface area contributed by atoms with Gasteiger partial charge in [0.1, 0.15) is 0 Å². The molecule has 0 heterocycles. The van der Waals surface area contributed by atoms with Crippen molar-refractivity contribution in [1.29, 1.82) is 0 Å². The molecule has 0 aliphatic heterocycles. The lowest BCUT2D eigenvalue weighted by Gasteiger charge is -2.09. The Labute approximate surface area is 109 Å². The molecule has 0 saturated heterocycles. The number of methoxy groups -OCH3 is 1. The Bertz CT molecular complexity index is 464. The predicted molar refractivity (Wildman–Crippen MR) is 68.9 cm³/mol. The second-order valence-corrected chi connectivity index (χ2v) is 5.40. The van der Waals surface area contributed by atoms with Gasteiger partial charge >= 0.3 is 5.97 Å². The van der Waals surface area contributed by atoms with Crippen LogP contribution in [0.25, 0.3) is 0 Å². The molecule has 2 atom stereocenters. The number of ketones is 1. The molecule has 98 valence electrons. The number of hydrogen-bond donors (Lipinski definition) is 0. The van der Waals surface area contributed by atoms with Gasteiger partial charge in [0.05, 0.1) is 13.5 Å². The zero-order valence-electron chi connectivity index (χ0n) is 10.6. The summed E-state index contributed by atoms with van der Waals surface area (Å²) >= 11 is 0. The van der Waals surface area contributed by atoms with Crippen LogP contribution in [0.3, 0.4) is 0 Å². The fourth-order valence-electron chi connectivity index (χ4n) is 1.52. The summed E-state index contributed by atoms with van der Waals surface area (Å²) in [5.74, 6) is -0.939. The molecule has 0 amide bonds. The van der Waals surface area contributed by atoms with Crippen LogP contribution in [0.4, 0.5) is 0 Å². The maximum atomic E-state index is 12.0. The van der Waals surface area contributed by atoms with Crippen molar-refractivity contribution in [1.82, 2.24) is 0 Å². The van der Waals surface area contributed by atoms with Gasteiger partial charge in [-0.2, -0.15) is 0 Å². The van der Waals surface area contributed by atoms with Crippen LogP contribution in [0, 0.1) is 5.92 Å². The summed E-state index contributed by atoms with van der Waals surface area (Å²) in [5.41, 5.74) is 0.514. The van der Waals surface area contributed by atoms with Gasteiger partial charge in [-0.25, -0.2) is 0 Å². The largest absolute Gasteiger partial charge is 0.469 e. The Balaban J connectivity index is 2.77. The van der Waals surface area contributed by atoms with E-state index in [1.165, 1.54) is 7.11 Å². The van der Waals surface area contributed by atoms with Gasteiger partial charge < -0.3 is 4.74 Å². The highest BCUT2D eigenvalue weighted by atomic mass is 32.2. The molecular weight excluding hydrogens is 252 g/mol. The molecule has 0 aliphatic rings. The summed E-state index contributed by atoms with van der Waals surface area (Å²) in [6.07, 6.45) is 1.65. The van der Waals surface area contributed by atoms with Crippen LogP contribution in [0.15, 0.2) is 29.2 Å². The third-order valence-corrected chi connectivity index (χ3v) is 3.55. The molecular formula is C13H16O4S. The van der Waals surface area contributed by atoms with Gasteiger partial charge in [0.25, 0.3) is 0 Å². The smallest absolute Gasteiger partial charge is 0.306 e. The van der Waals surface area contributed by atoms with E-state index in [-0.39, 0.29) is 12.2 Å². The first-order chi connectivity index (χ1) is 8.45. The Kier molecular flexibility index (Phi) is 5.22. The zero-order valence-corrected chi connectivity index (χ0v) is 11.5. The van der Waals surface area contributed by atoms with Crippen molar-refractivity contribution in [2.75, 3.05) is 13.4 Å². The summed E-state index contributed by atoms with van der Waals surface area (Å²) in [5, 5.41) is 0. The quantitative estimate of drug-likeness (QED) is 0.603. The number of ether oxygens (including phenoxy) is 1. The number of rotatable bonds is 5. The first-order valence-corrected chi connectivity index (χ1v) is 7.06. The highest BCUT2D eigenvalue weighted by Gasteiger charge is 2.18. The van der Waals surface area contributed by atoms with E-state index < -0.39 is 22.7 Å². The number of benzene rings is 1. The van der Waals surface area contributed by atoms with Crippen molar-refractivity contribution in [2.45, 2.75) is 18.2 Å². The second kappa shape index (κ2) is 6.44. The fourth-order valence-corrected chi connectivity index (χ4v) is 2.04. The Morgan fingerprint density at radius 1 is 1.28 bits per heavy atom. The highest BCUT2D eigenvalue weighted by molar-refractivity contribution is 7.84. The number of Topliss-reactive ketones (excluding diaryl/α,β-unsaturated/α-hetero) is 1.